The van der Waals surface area contributed by atoms with Gasteiger partial charge in [0.1, 0.15) is 5.75 Å². The molecule has 10 heteroatoms. The second kappa shape index (κ2) is 9.60. The maximum atomic E-state index is 14.4. The van der Waals surface area contributed by atoms with E-state index in [0.717, 1.165) is 6.07 Å². The van der Waals surface area contributed by atoms with Crippen LogP contribution in [-0.4, -0.2) is 16.2 Å². The summed E-state index contributed by atoms with van der Waals surface area (Å²) in [7, 11) is 1.70. The van der Waals surface area contributed by atoms with Crippen LogP contribution >= 0.6 is 11.6 Å². The zero-order chi connectivity index (χ0) is 23.5. The molecule has 32 heavy (non-hydrogen) atoms. The minimum absolute atomic E-state index is 0.136. The highest BCUT2D eigenvalue weighted by molar-refractivity contribution is 6.31. The number of hydrogen-bond donors (Lipinski definition) is 0. The second-order valence-corrected chi connectivity index (χ2v) is 7.33. The highest BCUT2D eigenvalue weighted by Gasteiger charge is 2.33. The number of alkyl halides is 3. The Bertz CT molecular complexity index is 1180. The number of benzene rings is 2. The summed E-state index contributed by atoms with van der Waals surface area (Å²) in [6.45, 7) is 1.99. The third kappa shape index (κ3) is 5.59. The molecule has 5 nitrogen and oxygen atoms in total. The van der Waals surface area contributed by atoms with Gasteiger partial charge >= 0.3 is 6.18 Å². The van der Waals surface area contributed by atoms with Crippen LogP contribution in [0.25, 0.3) is 0 Å². The van der Waals surface area contributed by atoms with E-state index in [1.165, 1.54) is 18.2 Å². The van der Waals surface area contributed by atoms with E-state index in [1.807, 2.05) is 6.92 Å². The van der Waals surface area contributed by atoms with Crippen molar-refractivity contribution in [1.82, 2.24) is 9.55 Å². The molecule has 3 aromatic rings. The van der Waals surface area contributed by atoms with Crippen LogP contribution in [0.3, 0.4) is 0 Å². The molecular weight excluding hydrogens is 452 g/mol. The first-order valence-corrected chi connectivity index (χ1v) is 9.98. The summed E-state index contributed by atoms with van der Waals surface area (Å²) in [5, 5.41) is -0.475. The van der Waals surface area contributed by atoms with Crippen LogP contribution in [0, 0.1) is 5.82 Å². The van der Waals surface area contributed by atoms with E-state index in [2.05, 4.69) is 4.98 Å². The Morgan fingerprint density at radius 3 is 2.56 bits per heavy atom. The van der Waals surface area contributed by atoms with Crippen molar-refractivity contribution in [1.29, 1.82) is 0 Å². The lowest BCUT2D eigenvalue weighted by molar-refractivity contribution is -0.137. The zero-order valence-corrected chi connectivity index (χ0v) is 17.9. The smallest absolute Gasteiger partial charge is 0.417 e. The lowest BCUT2D eigenvalue weighted by Crippen LogP contribution is -2.19. The molecule has 0 unspecified atom stereocenters. The SMILES string of the molecule is CCc1cn(C)c(OCCc2ccc(Oc3ccc(Cl)c(C(F)(F)F)c3)c(F)c2)nc1=O. The maximum absolute atomic E-state index is 14.4. The maximum Gasteiger partial charge on any atom is 0.417 e. The van der Waals surface area contributed by atoms with E-state index in [4.69, 9.17) is 21.1 Å². The lowest BCUT2D eigenvalue weighted by Gasteiger charge is -2.13. The molecule has 2 aromatic carbocycles. The molecular formula is C22H19ClF4N2O3. The predicted octanol–water partition coefficient (Wildman–Crippen LogP) is 5.57. The summed E-state index contributed by atoms with van der Waals surface area (Å²) in [6.07, 6.45) is -2.14. The Labute approximate surface area is 186 Å². The van der Waals surface area contributed by atoms with Crippen LogP contribution < -0.4 is 15.0 Å². The van der Waals surface area contributed by atoms with Crippen LogP contribution in [0.4, 0.5) is 17.6 Å². The predicted molar refractivity (Wildman–Crippen MR) is 111 cm³/mol. The molecule has 0 bridgehead atoms. The first-order chi connectivity index (χ1) is 15.1. The number of aromatic nitrogens is 2. The quantitative estimate of drug-likeness (QED) is 0.424. The van der Waals surface area contributed by atoms with Gasteiger partial charge in [-0.2, -0.15) is 18.2 Å². The van der Waals surface area contributed by atoms with Gasteiger partial charge in [0, 0.05) is 25.2 Å². The van der Waals surface area contributed by atoms with Gasteiger partial charge in [0.2, 0.25) is 0 Å². The molecule has 0 atom stereocenters. The normalized spacial score (nSPS) is 11.5. The van der Waals surface area contributed by atoms with Gasteiger partial charge in [0.05, 0.1) is 17.2 Å². The largest absolute Gasteiger partial charge is 0.464 e. The van der Waals surface area contributed by atoms with Crippen LogP contribution in [-0.2, 0) is 26.1 Å². The van der Waals surface area contributed by atoms with Gasteiger partial charge in [-0.25, -0.2) is 4.39 Å². The second-order valence-electron chi connectivity index (χ2n) is 6.92. The van der Waals surface area contributed by atoms with Gasteiger partial charge < -0.3 is 14.0 Å². The lowest BCUT2D eigenvalue weighted by atomic mass is 10.1. The number of ether oxygens (including phenoxy) is 2. The highest BCUT2D eigenvalue weighted by Crippen LogP contribution is 2.38. The fourth-order valence-corrected chi connectivity index (χ4v) is 3.14. The fraction of sp³-hybridized carbons (Fsp3) is 0.273. The molecule has 0 amide bonds. The van der Waals surface area contributed by atoms with Gasteiger partial charge in [0.25, 0.3) is 11.6 Å². The number of halogens is 5. The van der Waals surface area contributed by atoms with E-state index >= 15 is 0 Å². The molecule has 0 saturated heterocycles. The Balaban J connectivity index is 1.66. The molecule has 0 fully saturated rings. The molecule has 0 N–H and O–H groups in total. The van der Waals surface area contributed by atoms with E-state index in [0.29, 0.717) is 30.0 Å². The molecule has 0 saturated carbocycles. The average Bonchev–Trinajstić information content (AvgIpc) is 2.72. The van der Waals surface area contributed by atoms with Crippen LogP contribution in [0.1, 0.15) is 23.6 Å². The first kappa shape index (κ1) is 23.6. The van der Waals surface area contributed by atoms with Crippen molar-refractivity contribution in [2.24, 2.45) is 7.05 Å². The van der Waals surface area contributed by atoms with Crippen LogP contribution in [0.2, 0.25) is 5.02 Å². The Hall–Kier alpha value is -3.07. The van der Waals surface area contributed by atoms with Crippen LogP contribution in [0.5, 0.6) is 17.5 Å². The minimum atomic E-state index is -4.66. The summed E-state index contributed by atoms with van der Waals surface area (Å²) in [5.41, 5.74) is -0.289. The van der Waals surface area contributed by atoms with E-state index < -0.39 is 22.6 Å². The van der Waals surface area contributed by atoms with Crippen molar-refractivity contribution in [3.8, 4) is 17.5 Å². The number of hydrogen-bond acceptors (Lipinski definition) is 4. The van der Waals surface area contributed by atoms with E-state index in [1.54, 1.807) is 23.9 Å². The van der Waals surface area contributed by atoms with Crippen molar-refractivity contribution in [2.75, 3.05) is 6.61 Å². The van der Waals surface area contributed by atoms with E-state index in [-0.39, 0.29) is 29.7 Å². The summed E-state index contributed by atoms with van der Waals surface area (Å²) in [6, 6.07) is 7.20. The third-order valence-electron chi connectivity index (χ3n) is 4.59. The fourth-order valence-electron chi connectivity index (χ4n) is 2.91. The number of aryl methyl sites for hydroxylation is 2. The third-order valence-corrected chi connectivity index (χ3v) is 4.92. The molecule has 1 aromatic heterocycles. The number of rotatable bonds is 7. The summed E-state index contributed by atoms with van der Waals surface area (Å²) >= 11 is 5.58. The molecule has 170 valence electrons. The molecule has 0 aliphatic heterocycles. The van der Waals surface area contributed by atoms with E-state index in [9.17, 15) is 22.4 Å². The molecule has 0 aliphatic rings. The standard InChI is InChI=1S/C22H19ClF4N2O3/c1-3-14-12-29(2)21(28-20(14)30)31-9-8-13-4-7-19(18(24)10-13)32-15-5-6-17(23)16(11-15)22(25,26)27/h4-7,10-12H,3,8-9H2,1-2H3. The van der Waals surface area contributed by atoms with Crippen molar-refractivity contribution in [3.05, 3.63) is 80.5 Å². The molecule has 3 rings (SSSR count). The highest BCUT2D eigenvalue weighted by atomic mass is 35.5. The Morgan fingerprint density at radius 1 is 1.16 bits per heavy atom. The molecule has 1 heterocycles. The van der Waals surface area contributed by atoms with Crippen LogP contribution in [0.15, 0.2) is 47.4 Å². The van der Waals surface area contributed by atoms with Gasteiger partial charge in [0.15, 0.2) is 11.6 Å². The summed E-state index contributed by atoms with van der Waals surface area (Å²) in [5.74, 6) is -1.17. The zero-order valence-electron chi connectivity index (χ0n) is 17.2. The van der Waals surface area contributed by atoms with Gasteiger partial charge in [-0.15, -0.1) is 0 Å². The van der Waals surface area contributed by atoms with Crippen molar-refractivity contribution in [2.45, 2.75) is 25.9 Å². The topological polar surface area (TPSA) is 53.4 Å². The molecule has 0 aliphatic carbocycles. The minimum Gasteiger partial charge on any atom is -0.464 e. The van der Waals surface area contributed by atoms with Crippen molar-refractivity contribution in [3.63, 3.8) is 0 Å². The van der Waals surface area contributed by atoms with Gasteiger partial charge in [-0.05, 0) is 42.3 Å². The summed E-state index contributed by atoms with van der Waals surface area (Å²) < 4.78 is 65.7. The molecule has 0 spiro atoms. The Kier molecular flexibility index (Phi) is 7.08. The molecule has 0 radical (unpaired) electrons. The van der Waals surface area contributed by atoms with Gasteiger partial charge in [-0.3, -0.25) is 4.79 Å². The average molecular weight is 471 g/mol. The Morgan fingerprint density at radius 2 is 1.91 bits per heavy atom. The summed E-state index contributed by atoms with van der Waals surface area (Å²) in [4.78, 5) is 15.7. The van der Waals surface area contributed by atoms with Gasteiger partial charge in [-0.1, -0.05) is 24.6 Å². The number of nitrogens with zero attached hydrogens (tertiary/aromatic N) is 2. The first-order valence-electron chi connectivity index (χ1n) is 9.61. The van der Waals surface area contributed by atoms with Crippen molar-refractivity contribution < 1.29 is 27.0 Å². The monoisotopic (exact) mass is 470 g/mol. The van der Waals surface area contributed by atoms with Crippen molar-refractivity contribution >= 4 is 11.6 Å².